The van der Waals surface area contributed by atoms with Crippen molar-refractivity contribution in [1.82, 2.24) is 19.1 Å². The van der Waals surface area contributed by atoms with Gasteiger partial charge in [-0.25, -0.2) is 4.85 Å². The number of hydrogen-bond acceptors (Lipinski definition) is 6. The fraction of sp³-hybridized carbons (Fsp3) is 0.276. The van der Waals surface area contributed by atoms with Crippen molar-refractivity contribution in [2.24, 2.45) is 5.73 Å². The van der Waals surface area contributed by atoms with E-state index in [2.05, 4.69) is 26.6 Å². The minimum absolute atomic E-state index is 0.0363. The second-order valence-corrected chi connectivity index (χ2v) is 9.17. The van der Waals surface area contributed by atoms with Crippen LogP contribution in [0.4, 0.5) is 11.6 Å². The van der Waals surface area contributed by atoms with Gasteiger partial charge in [-0.2, -0.15) is 9.97 Å². The fourth-order valence-electron chi connectivity index (χ4n) is 4.71. The van der Waals surface area contributed by atoms with E-state index >= 15 is 0 Å². The molecule has 2 aromatic carbocycles. The molecule has 4 aromatic rings. The van der Waals surface area contributed by atoms with Crippen molar-refractivity contribution in [2.45, 2.75) is 39.3 Å². The number of para-hydroxylation sites is 1. The van der Waals surface area contributed by atoms with Crippen LogP contribution in [0.25, 0.3) is 16.0 Å². The maximum Gasteiger partial charge on any atom is 0.307 e. The summed E-state index contributed by atoms with van der Waals surface area (Å²) in [4.78, 5) is 41.3. The van der Waals surface area contributed by atoms with Crippen molar-refractivity contribution in [3.8, 4) is 23.6 Å². The van der Waals surface area contributed by atoms with Crippen molar-refractivity contribution in [2.75, 3.05) is 18.0 Å². The van der Waals surface area contributed by atoms with Crippen LogP contribution >= 0.6 is 0 Å². The first-order chi connectivity index (χ1) is 19.0. The van der Waals surface area contributed by atoms with E-state index in [1.54, 1.807) is 49.4 Å². The van der Waals surface area contributed by atoms with Crippen LogP contribution in [-0.4, -0.2) is 38.1 Å². The summed E-state index contributed by atoms with van der Waals surface area (Å²) in [7, 11) is 0. The normalized spacial score (nSPS) is 13.0. The van der Waals surface area contributed by atoms with Crippen LogP contribution in [0, 0.1) is 18.4 Å². The molecule has 0 spiro atoms. The predicted molar refractivity (Wildman–Crippen MR) is 148 cm³/mol. The molecule has 0 unspecified atom stereocenters. The number of rotatable bonds is 7. The van der Waals surface area contributed by atoms with E-state index in [1.165, 1.54) is 4.57 Å². The van der Waals surface area contributed by atoms with Crippen molar-refractivity contribution < 1.29 is 9.53 Å². The number of nitrogens with two attached hydrogens (primary N) is 1. The Morgan fingerprint density at radius 1 is 1.10 bits per heavy atom. The molecule has 0 aliphatic carbocycles. The lowest BCUT2D eigenvalue weighted by molar-refractivity contribution is 0.0998. The van der Waals surface area contributed by atoms with E-state index in [1.807, 2.05) is 10.6 Å². The van der Waals surface area contributed by atoms with Crippen LogP contribution < -0.4 is 20.9 Å². The highest BCUT2D eigenvalue weighted by Gasteiger charge is 2.25. The first kappa shape index (κ1) is 25.6. The molecule has 10 nitrogen and oxygen atoms in total. The molecule has 1 fully saturated rings. The third-order valence-electron chi connectivity index (χ3n) is 6.60. The van der Waals surface area contributed by atoms with Crippen LogP contribution in [0.15, 0.2) is 53.3 Å². The van der Waals surface area contributed by atoms with E-state index < -0.39 is 5.91 Å². The van der Waals surface area contributed by atoms with E-state index in [0.29, 0.717) is 17.2 Å². The SMILES string of the molecule is [C-]#[N+]c1cccc(Cn2c(Oc3ccccc3C(N)=O)nc3nc(N4CCCCC4)n(CC#CC)c3c2=O)c1. The minimum atomic E-state index is -0.667. The maximum atomic E-state index is 14.2. The highest BCUT2D eigenvalue weighted by atomic mass is 16.5. The number of ether oxygens (including phenoxy) is 1. The molecule has 1 saturated heterocycles. The van der Waals surface area contributed by atoms with Crippen molar-refractivity contribution in [1.29, 1.82) is 0 Å². The van der Waals surface area contributed by atoms with E-state index in [4.69, 9.17) is 22.0 Å². The lowest BCUT2D eigenvalue weighted by Crippen LogP contribution is -2.32. The molecule has 1 aliphatic rings. The van der Waals surface area contributed by atoms with E-state index in [9.17, 15) is 9.59 Å². The largest absolute Gasteiger partial charge is 0.425 e. The molecule has 2 N–H and O–H groups in total. The quantitative estimate of drug-likeness (QED) is 0.290. The van der Waals surface area contributed by atoms with Crippen LogP contribution in [0.2, 0.25) is 0 Å². The Morgan fingerprint density at radius 3 is 2.64 bits per heavy atom. The highest BCUT2D eigenvalue weighted by molar-refractivity contribution is 5.95. The summed E-state index contributed by atoms with van der Waals surface area (Å²) in [6, 6.07) is 13.5. The number of hydrogen-bond donors (Lipinski definition) is 1. The number of nitrogens with zero attached hydrogens (tertiary/aromatic N) is 6. The van der Waals surface area contributed by atoms with Gasteiger partial charge < -0.3 is 15.4 Å². The molecule has 196 valence electrons. The first-order valence-electron chi connectivity index (χ1n) is 12.7. The molecule has 39 heavy (non-hydrogen) atoms. The van der Waals surface area contributed by atoms with E-state index in [-0.39, 0.29) is 41.6 Å². The minimum Gasteiger partial charge on any atom is -0.425 e. The molecular formula is C29H27N7O3. The lowest BCUT2D eigenvalue weighted by Gasteiger charge is -2.27. The average molecular weight is 522 g/mol. The third kappa shape index (κ3) is 5.18. The van der Waals surface area contributed by atoms with Crippen LogP contribution in [-0.2, 0) is 13.1 Å². The second-order valence-electron chi connectivity index (χ2n) is 9.17. The summed E-state index contributed by atoms with van der Waals surface area (Å²) >= 11 is 0. The number of primary amides is 1. The van der Waals surface area contributed by atoms with Crippen molar-refractivity contribution in [3.63, 3.8) is 0 Å². The van der Waals surface area contributed by atoms with Gasteiger partial charge in [0.2, 0.25) is 5.95 Å². The molecule has 3 heterocycles. The predicted octanol–water partition coefficient (Wildman–Crippen LogP) is 4.10. The summed E-state index contributed by atoms with van der Waals surface area (Å²) in [5, 5.41) is 0. The summed E-state index contributed by atoms with van der Waals surface area (Å²) in [6.45, 7) is 11.1. The van der Waals surface area contributed by atoms with Crippen LogP contribution in [0.5, 0.6) is 11.8 Å². The monoisotopic (exact) mass is 521 g/mol. The molecule has 0 atom stereocenters. The Morgan fingerprint density at radius 2 is 1.90 bits per heavy atom. The Labute approximate surface area is 225 Å². The number of amides is 1. The molecule has 1 aliphatic heterocycles. The van der Waals surface area contributed by atoms with Gasteiger partial charge >= 0.3 is 6.01 Å². The van der Waals surface area contributed by atoms with Gasteiger partial charge in [0, 0.05) is 13.1 Å². The van der Waals surface area contributed by atoms with E-state index in [0.717, 1.165) is 37.9 Å². The molecule has 1 amide bonds. The Hall–Kier alpha value is -5.09. The number of fused-ring (bicyclic) bond motifs is 1. The van der Waals surface area contributed by atoms with Gasteiger partial charge in [-0.1, -0.05) is 42.3 Å². The number of piperidine rings is 1. The molecule has 0 radical (unpaired) electrons. The number of imidazole rings is 1. The molecule has 5 rings (SSSR count). The number of carbonyl (C=O) groups excluding carboxylic acids is 1. The number of benzene rings is 2. The summed E-state index contributed by atoms with van der Waals surface area (Å²) < 4.78 is 9.30. The standard InChI is InChI=1S/C29H27N7O3/c1-3-4-17-35-24-26(32-28(35)34-15-8-5-9-16-34)33-29(39-23-14-7-6-13-22(23)25(30)37)36(27(24)38)19-20-11-10-12-21(18-20)31-2/h6-7,10-14,18H,5,8-9,15-17,19H2,1H3,(H2,30,37). The summed E-state index contributed by atoms with van der Waals surface area (Å²) in [5.74, 6) is 6.12. The Balaban J connectivity index is 1.72. The van der Waals surface area contributed by atoms with Gasteiger partial charge in [0.15, 0.2) is 16.9 Å². The van der Waals surface area contributed by atoms with Crippen LogP contribution in [0.1, 0.15) is 42.1 Å². The molecular weight excluding hydrogens is 494 g/mol. The third-order valence-corrected chi connectivity index (χ3v) is 6.60. The number of carbonyl (C=O) groups is 1. The van der Waals surface area contributed by atoms with Gasteiger partial charge in [0.05, 0.1) is 25.2 Å². The second kappa shape index (κ2) is 11.1. The smallest absolute Gasteiger partial charge is 0.307 e. The van der Waals surface area contributed by atoms with Gasteiger partial charge in [-0.05, 0) is 43.9 Å². The Kier molecular flexibility index (Phi) is 7.28. The highest BCUT2D eigenvalue weighted by Crippen LogP contribution is 2.28. The Bertz CT molecular complexity index is 1710. The number of anilines is 1. The zero-order valence-corrected chi connectivity index (χ0v) is 21.6. The first-order valence-corrected chi connectivity index (χ1v) is 12.7. The molecule has 2 aromatic heterocycles. The molecule has 0 saturated carbocycles. The maximum absolute atomic E-state index is 14.2. The van der Waals surface area contributed by atoms with Gasteiger partial charge in [0.1, 0.15) is 5.75 Å². The zero-order valence-electron chi connectivity index (χ0n) is 21.6. The van der Waals surface area contributed by atoms with Gasteiger partial charge in [-0.3, -0.25) is 18.7 Å². The number of aromatic nitrogens is 4. The van der Waals surface area contributed by atoms with Crippen molar-refractivity contribution in [3.05, 3.63) is 81.4 Å². The zero-order chi connectivity index (χ0) is 27.4. The summed E-state index contributed by atoms with van der Waals surface area (Å²) in [5.41, 5.74) is 7.07. The fourth-order valence-corrected chi connectivity index (χ4v) is 4.71. The van der Waals surface area contributed by atoms with Crippen molar-refractivity contribution >= 4 is 28.7 Å². The topological polar surface area (TPSA) is 113 Å². The molecule has 10 heteroatoms. The summed E-state index contributed by atoms with van der Waals surface area (Å²) in [6.07, 6.45) is 3.23. The lowest BCUT2D eigenvalue weighted by atomic mass is 10.1. The van der Waals surface area contributed by atoms with Crippen LogP contribution in [0.3, 0.4) is 0 Å². The average Bonchev–Trinajstić information content (AvgIpc) is 3.33. The van der Waals surface area contributed by atoms with Gasteiger partial charge in [0.25, 0.3) is 11.5 Å². The van der Waals surface area contributed by atoms with Gasteiger partial charge in [-0.15, -0.1) is 5.92 Å². The molecule has 0 bridgehead atoms.